The van der Waals surface area contributed by atoms with Crippen molar-refractivity contribution in [1.29, 1.82) is 0 Å². The number of carbonyl (C=O) groups is 2. The van der Waals surface area contributed by atoms with Gasteiger partial charge in [0.2, 0.25) is 10.0 Å². The minimum absolute atomic E-state index is 0.0207. The van der Waals surface area contributed by atoms with Crippen LogP contribution < -0.4 is 5.32 Å². The van der Waals surface area contributed by atoms with Gasteiger partial charge in [0.15, 0.2) is 0 Å². The molecule has 164 valence electrons. The molecule has 2 amide bonds. The number of hydrogen-bond donors (Lipinski definition) is 1. The van der Waals surface area contributed by atoms with E-state index in [0.717, 1.165) is 38.8 Å². The van der Waals surface area contributed by atoms with Crippen molar-refractivity contribution in [2.75, 3.05) is 31.5 Å². The van der Waals surface area contributed by atoms with Gasteiger partial charge < -0.3 is 10.2 Å². The maximum atomic E-state index is 12.6. The molecule has 0 spiro atoms. The Morgan fingerprint density at radius 1 is 0.710 bits per heavy atom. The number of amides is 2. The predicted octanol–water partition coefficient (Wildman–Crippen LogP) is 3.35. The monoisotopic (exact) mass is 441 g/mol. The van der Waals surface area contributed by atoms with E-state index in [1.165, 1.54) is 35.0 Å². The highest BCUT2D eigenvalue weighted by atomic mass is 32.2. The van der Waals surface area contributed by atoms with Crippen molar-refractivity contribution >= 4 is 27.5 Å². The highest BCUT2D eigenvalue weighted by Gasteiger charge is 2.27. The van der Waals surface area contributed by atoms with E-state index in [0.29, 0.717) is 29.9 Å². The Morgan fingerprint density at radius 3 is 1.87 bits per heavy atom. The smallest absolute Gasteiger partial charge is 0.255 e. The average molecular weight is 442 g/mol. The third-order valence-corrected chi connectivity index (χ3v) is 7.77. The molecule has 2 aliphatic rings. The summed E-state index contributed by atoms with van der Waals surface area (Å²) in [5.41, 5.74) is 1.55. The molecular formula is C23H27N3O4S. The van der Waals surface area contributed by atoms with Crippen LogP contribution in [0.2, 0.25) is 0 Å². The lowest BCUT2D eigenvalue weighted by Gasteiger charge is -2.26. The maximum Gasteiger partial charge on any atom is 0.255 e. The molecule has 0 saturated carbocycles. The zero-order valence-electron chi connectivity index (χ0n) is 17.4. The summed E-state index contributed by atoms with van der Waals surface area (Å²) in [6.45, 7) is 2.67. The molecule has 2 fully saturated rings. The van der Waals surface area contributed by atoms with Crippen LogP contribution in [-0.4, -0.2) is 55.6 Å². The van der Waals surface area contributed by atoms with Gasteiger partial charge in [-0.2, -0.15) is 4.31 Å². The van der Waals surface area contributed by atoms with Crippen molar-refractivity contribution in [3.05, 3.63) is 59.7 Å². The molecule has 2 heterocycles. The van der Waals surface area contributed by atoms with Crippen LogP contribution in [0.25, 0.3) is 0 Å². The van der Waals surface area contributed by atoms with Crippen molar-refractivity contribution in [1.82, 2.24) is 9.21 Å². The summed E-state index contributed by atoms with van der Waals surface area (Å²) in [7, 11) is -3.50. The Balaban J connectivity index is 1.39. The number of piperidine rings is 1. The second kappa shape index (κ2) is 9.20. The maximum absolute atomic E-state index is 12.6. The molecule has 0 bridgehead atoms. The first-order valence-corrected chi connectivity index (χ1v) is 12.2. The van der Waals surface area contributed by atoms with Crippen molar-refractivity contribution < 1.29 is 18.0 Å². The van der Waals surface area contributed by atoms with Crippen LogP contribution >= 0.6 is 0 Å². The van der Waals surface area contributed by atoms with Crippen molar-refractivity contribution in [2.24, 2.45) is 0 Å². The van der Waals surface area contributed by atoms with Gasteiger partial charge in [-0.15, -0.1) is 0 Å². The number of benzene rings is 2. The number of rotatable bonds is 5. The minimum Gasteiger partial charge on any atom is -0.339 e. The van der Waals surface area contributed by atoms with E-state index in [4.69, 9.17) is 0 Å². The quantitative estimate of drug-likeness (QED) is 0.771. The fourth-order valence-corrected chi connectivity index (χ4v) is 5.55. The van der Waals surface area contributed by atoms with E-state index >= 15 is 0 Å². The van der Waals surface area contributed by atoms with Gasteiger partial charge in [-0.05, 0) is 80.6 Å². The molecule has 8 heteroatoms. The summed E-state index contributed by atoms with van der Waals surface area (Å²) in [5, 5.41) is 2.79. The fraction of sp³-hybridized carbons (Fsp3) is 0.391. The Bertz CT molecular complexity index is 1040. The second-order valence-electron chi connectivity index (χ2n) is 8.02. The molecule has 4 rings (SSSR count). The Kier molecular flexibility index (Phi) is 6.38. The summed E-state index contributed by atoms with van der Waals surface area (Å²) in [5.74, 6) is -0.312. The molecular weight excluding hydrogens is 414 g/mol. The second-order valence-corrected chi connectivity index (χ2v) is 9.96. The first-order valence-electron chi connectivity index (χ1n) is 10.8. The molecule has 0 radical (unpaired) electrons. The number of nitrogens with one attached hydrogen (secondary N) is 1. The van der Waals surface area contributed by atoms with E-state index in [-0.39, 0.29) is 16.7 Å². The molecule has 0 unspecified atom stereocenters. The van der Waals surface area contributed by atoms with E-state index in [1.807, 2.05) is 4.90 Å². The highest BCUT2D eigenvalue weighted by molar-refractivity contribution is 7.89. The molecule has 2 saturated heterocycles. The zero-order chi connectivity index (χ0) is 21.8. The number of hydrogen-bond acceptors (Lipinski definition) is 4. The number of carbonyl (C=O) groups excluding carboxylic acids is 2. The SMILES string of the molecule is O=C(Nc1ccc(C(=O)N2CCCCC2)cc1)c1ccc(S(=O)(=O)N2CCCC2)cc1. The third-order valence-electron chi connectivity index (χ3n) is 5.85. The Labute approximate surface area is 183 Å². The molecule has 0 atom stereocenters. The molecule has 0 aromatic heterocycles. The zero-order valence-corrected chi connectivity index (χ0v) is 18.2. The molecule has 7 nitrogen and oxygen atoms in total. The van der Waals surface area contributed by atoms with Gasteiger partial charge in [0.05, 0.1) is 4.90 Å². The van der Waals surface area contributed by atoms with E-state index < -0.39 is 10.0 Å². The average Bonchev–Trinajstić information content (AvgIpc) is 3.36. The number of likely N-dealkylation sites (tertiary alicyclic amines) is 1. The first kappa shape index (κ1) is 21.5. The number of sulfonamides is 1. The van der Waals surface area contributed by atoms with Crippen LogP contribution in [0.15, 0.2) is 53.4 Å². The minimum atomic E-state index is -3.50. The molecule has 2 aromatic carbocycles. The van der Waals surface area contributed by atoms with Gasteiger partial charge in [0, 0.05) is 43.0 Å². The Morgan fingerprint density at radius 2 is 1.26 bits per heavy atom. The Hall–Kier alpha value is -2.71. The van der Waals surface area contributed by atoms with E-state index in [2.05, 4.69) is 5.32 Å². The summed E-state index contributed by atoms with van der Waals surface area (Å²) in [6.07, 6.45) is 5.00. The van der Waals surface area contributed by atoms with Gasteiger partial charge in [0.25, 0.3) is 11.8 Å². The summed E-state index contributed by atoms with van der Waals surface area (Å²) >= 11 is 0. The van der Waals surface area contributed by atoms with Crippen molar-refractivity contribution in [3.63, 3.8) is 0 Å². The lowest BCUT2D eigenvalue weighted by molar-refractivity contribution is 0.0724. The molecule has 0 aliphatic carbocycles. The lowest BCUT2D eigenvalue weighted by Crippen LogP contribution is -2.35. The number of anilines is 1. The van der Waals surface area contributed by atoms with Crippen LogP contribution in [0, 0.1) is 0 Å². The van der Waals surface area contributed by atoms with Gasteiger partial charge >= 0.3 is 0 Å². The first-order chi connectivity index (χ1) is 14.9. The van der Waals surface area contributed by atoms with Crippen LogP contribution in [0.5, 0.6) is 0 Å². The van der Waals surface area contributed by atoms with Crippen LogP contribution in [0.1, 0.15) is 52.8 Å². The normalized spacial score (nSPS) is 17.5. The molecule has 1 N–H and O–H groups in total. The highest BCUT2D eigenvalue weighted by Crippen LogP contribution is 2.22. The lowest BCUT2D eigenvalue weighted by atomic mass is 10.1. The van der Waals surface area contributed by atoms with E-state index in [1.54, 1.807) is 24.3 Å². The van der Waals surface area contributed by atoms with Crippen LogP contribution in [-0.2, 0) is 10.0 Å². The standard InChI is InChI=1S/C23H27N3O4S/c27-22(18-8-12-21(13-9-18)31(29,30)26-16-4-5-17-26)24-20-10-6-19(7-11-20)23(28)25-14-2-1-3-15-25/h6-13H,1-5,14-17H2,(H,24,27). The van der Waals surface area contributed by atoms with Crippen LogP contribution in [0.4, 0.5) is 5.69 Å². The summed E-state index contributed by atoms with van der Waals surface area (Å²) in [4.78, 5) is 27.2. The molecule has 31 heavy (non-hydrogen) atoms. The topological polar surface area (TPSA) is 86.8 Å². The van der Waals surface area contributed by atoms with Gasteiger partial charge in [-0.3, -0.25) is 9.59 Å². The van der Waals surface area contributed by atoms with Crippen molar-refractivity contribution in [3.8, 4) is 0 Å². The van der Waals surface area contributed by atoms with Crippen molar-refractivity contribution in [2.45, 2.75) is 37.0 Å². The summed E-state index contributed by atoms with van der Waals surface area (Å²) < 4.78 is 26.7. The third kappa shape index (κ3) is 4.80. The van der Waals surface area contributed by atoms with Gasteiger partial charge in [-0.25, -0.2) is 8.42 Å². The molecule has 2 aromatic rings. The van der Waals surface area contributed by atoms with E-state index in [9.17, 15) is 18.0 Å². The largest absolute Gasteiger partial charge is 0.339 e. The van der Waals surface area contributed by atoms with Gasteiger partial charge in [-0.1, -0.05) is 0 Å². The van der Waals surface area contributed by atoms with Gasteiger partial charge in [0.1, 0.15) is 0 Å². The fourth-order valence-electron chi connectivity index (χ4n) is 4.03. The summed E-state index contributed by atoms with van der Waals surface area (Å²) in [6, 6.07) is 12.9. The number of nitrogens with zero attached hydrogens (tertiary/aromatic N) is 2. The molecule has 2 aliphatic heterocycles. The predicted molar refractivity (Wildman–Crippen MR) is 119 cm³/mol. The van der Waals surface area contributed by atoms with Crippen LogP contribution in [0.3, 0.4) is 0 Å².